The summed E-state index contributed by atoms with van der Waals surface area (Å²) in [5.74, 6) is -0.425. The Balaban J connectivity index is 1.55. The van der Waals surface area contributed by atoms with Crippen molar-refractivity contribution in [1.82, 2.24) is 4.90 Å². The van der Waals surface area contributed by atoms with Gasteiger partial charge in [-0.15, -0.1) is 0 Å². The summed E-state index contributed by atoms with van der Waals surface area (Å²) in [4.78, 5) is 14.2. The molecular formula is C19H18ClFN2O2. The van der Waals surface area contributed by atoms with Gasteiger partial charge in [-0.1, -0.05) is 29.8 Å². The third kappa shape index (κ3) is 4.59. The summed E-state index contributed by atoms with van der Waals surface area (Å²) in [5, 5.41) is 12.1. The second-order valence-electron chi connectivity index (χ2n) is 5.94. The summed E-state index contributed by atoms with van der Waals surface area (Å²) in [7, 11) is 0. The second-order valence-corrected chi connectivity index (χ2v) is 6.35. The third-order valence-corrected chi connectivity index (χ3v) is 4.39. The Morgan fingerprint density at radius 3 is 2.64 bits per heavy atom. The van der Waals surface area contributed by atoms with E-state index in [1.54, 1.807) is 12.1 Å². The molecule has 0 aromatic heterocycles. The average molecular weight is 361 g/mol. The van der Waals surface area contributed by atoms with Crippen molar-refractivity contribution < 1.29 is 14.3 Å². The Morgan fingerprint density at radius 2 is 2.00 bits per heavy atom. The van der Waals surface area contributed by atoms with Gasteiger partial charge in [0.1, 0.15) is 11.6 Å². The van der Waals surface area contributed by atoms with Crippen molar-refractivity contribution in [1.29, 1.82) is 0 Å². The number of carbonyl (C=O) groups excluding carboxylic acids is 1. The molecule has 6 heteroatoms. The van der Waals surface area contributed by atoms with Crippen LogP contribution in [0.5, 0.6) is 5.75 Å². The molecule has 0 radical (unpaired) electrons. The number of rotatable bonds is 4. The molecule has 0 fully saturated rings. The lowest BCUT2D eigenvalue weighted by Crippen LogP contribution is -2.36. The predicted octanol–water partition coefficient (Wildman–Crippen LogP) is 3.91. The predicted molar refractivity (Wildman–Crippen MR) is 97.2 cm³/mol. The molecule has 2 N–H and O–H groups in total. The summed E-state index contributed by atoms with van der Waals surface area (Å²) in [6.45, 7) is 1.70. The summed E-state index contributed by atoms with van der Waals surface area (Å²) in [6, 6.07) is 11.2. The van der Waals surface area contributed by atoms with E-state index >= 15 is 0 Å². The highest BCUT2D eigenvalue weighted by Gasteiger charge is 2.16. The van der Waals surface area contributed by atoms with Crippen LogP contribution in [0.1, 0.15) is 12.0 Å². The zero-order valence-electron chi connectivity index (χ0n) is 13.5. The molecule has 0 aliphatic carbocycles. The summed E-state index contributed by atoms with van der Waals surface area (Å²) in [5.41, 5.74) is 2.78. The van der Waals surface area contributed by atoms with Gasteiger partial charge >= 0.3 is 0 Å². The molecule has 4 nitrogen and oxygen atoms in total. The molecular weight excluding hydrogens is 343 g/mol. The highest BCUT2D eigenvalue weighted by atomic mass is 35.5. The van der Waals surface area contributed by atoms with Crippen molar-refractivity contribution in [3.05, 3.63) is 64.9 Å². The van der Waals surface area contributed by atoms with Crippen LogP contribution in [-0.2, 0) is 4.79 Å². The molecule has 3 rings (SSSR count). The van der Waals surface area contributed by atoms with Gasteiger partial charge in [0.05, 0.1) is 11.6 Å². The van der Waals surface area contributed by atoms with Crippen molar-refractivity contribution in [3.63, 3.8) is 0 Å². The maximum atomic E-state index is 13.1. The van der Waals surface area contributed by atoms with Gasteiger partial charge in [-0.25, -0.2) is 4.39 Å². The largest absolute Gasteiger partial charge is 0.508 e. The van der Waals surface area contributed by atoms with Crippen molar-refractivity contribution in [2.75, 3.05) is 25.0 Å². The van der Waals surface area contributed by atoms with Crippen LogP contribution >= 0.6 is 11.6 Å². The Bertz CT molecular complexity index is 806. The van der Waals surface area contributed by atoms with Crippen LogP contribution in [0, 0.1) is 5.82 Å². The maximum absolute atomic E-state index is 13.1. The van der Waals surface area contributed by atoms with E-state index in [0.29, 0.717) is 12.2 Å². The average Bonchev–Trinajstić information content (AvgIpc) is 2.60. The molecule has 0 spiro atoms. The number of amides is 1. The first kappa shape index (κ1) is 17.5. The topological polar surface area (TPSA) is 52.6 Å². The lowest BCUT2D eigenvalue weighted by molar-refractivity contribution is -0.117. The van der Waals surface area contributed by atoms with E-state index in [-0.39, 0.29) is 23.2 Å². The summed E-state index contributed by atoms with van der Waals surface area (Å²) in [6.07, 6.45) is 2.93. The summed E-state index contributed by atoms with van der Waals surface area (Å²) < 4.78 is 13.1. The van der Waals surface area contributed by atoms with Gasteiger partial charge in [0.15, 0.2) is 0 Å². The number of phenolic OH excluding ortho intramolecular Hbond substituents is 1. The van der Waals surface area contributed by atoms with E-state index in [4.69, 9.17) is 11.6 Å². The quantitative estimate of drug-likeness (QED) is 0.869. The molecule has 130 valence electrons. The van der Waals surface area contributed by atoms with Crippen LogP contribution < -0.4 is 5.32 Å². The lowest BCUT2D eigenvalue weighted by atomic mass is 9.99. The molecule has 25 heavy (non-hydrogen) atoms. The molecule has 0 atom stereocenters. The minimum atomic E-state index is -0.511. The number of benzene rings is 2. The van der Waals surface area contributed by atoms with Crippen LogP contribution in [0.25, 0.3) is 5.57 Å². The van der Waals surface area contributed by atoms with E-state index in [2.05, 4.69) is 11.4 Å². The number of nitrogens with one attached hydrogen (secondary N) is 1. The number of hydrogen-bond acceptors (Lipinski definition) is 3. The van der Waals surface area contributed by atoms with Crippen LogP contribution in [-0.4, -0.2) is 35.5 Å². The van der Waals surface area contributed by atoms with Crippen LogP contribution in [0.15, 0.2) is 48.5 Å². The molecule has 1 aliphatic heterocycles. The molecule has 0 unspecified atom stereocenters. The third-order valence-electron chi connectivity index (χ3n) is 4.10. The molecule has 2 aromatic carbocycles. The first-order chi connectivity index (χ1) is 12.0. The van der Waals surface area contributed by atoms with E-state index < -0.39 is 5.82 Å². The Morgan fingerprint density at radius 1 is 1.24 bits per heavy atom. The number of anilines is 1. The first-order valence-corrected chi connectivity index (χ1v) is 8.35. The minimum absolute atomic E-state index is 0.0164. The molecule has 1 amide bonds. The monoisotopic (exact) mass is 360 g/mol. The van der Waals surface area contributed by atoms with Gasteiger partial charge < -0.3 is 10.4 Å². The zero-order valence-corrected chi connectivity index (χ0v) is 14.3. The van der Waals surface area contributed by atoms with Gasteiger partial charge in [-0.05, 0) is 47.9 Å². The van der Waals surface area contributed by atoms with Crippen molar-refractivity contribution in [2.24, 2.45) is 0 Å². The van der Waals surface area contributed by atoms with Gasteiger partial charge in [0.25, 0.3) is 0 Å². The molecule has 1 aliphatic rings. The van der Waals surface area contributed by atoms with Crippen molar-refractivity contribution in [3.8, 4) is 5.75 Å². The first-order valence-electron chi connectivity index (χ1n) is 7.97. The highest BCUT2D eigenvalue weighted by Crippen LogP contribution is 2.24. The van der Waals surface area contributed by atoms with Crippen molar-refractivity contribution >= 4 is 28.8 Å². The fourth-order valence-electron chi connectivity index (χ4n) is 2.77. The minimum Gasteiger partial charge on any atom is -0.508 e. The highest BCUT2D eigenvalue weighted by molar-refractivity contribution is 6.31. The Labute approximate surface area is 150 Å². The number of hydrogen-bond donors (Lipinski definition) is 2. The number of phenols is 1. The molecule has 2 aromatic rings. The normalized spacial score (nSPS) is 14.9. The maximum Gasteiger partial charge on any atom is 0.238 e. The molecule has 0 saturated heterocycles. The standard InChI is InChI=1S/C19H18ClFN2O2/c20-17-11-15(3-6-18(17)21)22-19(25)12-23-9-7-14(8-10-23)13-1-4-16(24)5-2-13/h1-7,11,24H,8-10,12H2,(H,22,25). The Hall–Kier alpha value is -2.37. The van der Waals surface area contributed by atoms with E-state index in [9.17, 15) is 14.3 Å². The van der Waals surface area contributed by atoms with Gasteiger partial charge in [0, 0.05) is 18.8 Å². The molecule has 0 bridgehead atoms. The van der Waals surface area contributed by atoms with Crippen LogP contribution in [0.4, 0.5) is 10.1 Å². The smallest absolute Gasteiger partial charge is 0.238 e. The number of aromatic hydroxyl groups is 1. The number of carbonyl (C=O) groups is 1. The van der Waals surface area contributed by atoms with E-state index in [1.807, 2.05) is 17.0 Å². The second kappa shape index (κ2) is 7.68. The van der Waals surface area contributed by atoms with Gasteiger partial charge in [-0.2, -0.15) is 0 Å². The van der Waals surface area contributed by atoms with Crippen LogP contribution in [0.3, 0.4) is 0 Å². The molecule has 1 heterocycles. The fourth-order valence-corrected chi connectivity index (χ4v) is 2.95. The van der Waals surface area contributed by atoms with E-state index in [0.717, 1.165) is 18.5 Å². The van der Waals surface area contributed by atoms with E-state index in [1.165, 1.54) is 23.8 Å². The molecule has 0 saturated carbocycles. The van der Waals surface area contributed by atoms with Crippen molar-refractivity contribution in [2.45, 2.75) is 6.42 Å². The van der Waals surface area contributed by atoms with Gasteiger partial charge in [0.2, 0.25) is 5.91 Å². The SMILES string of the molecule is O=C(CN1CC=C(c2ccc(O)cc2)CC1)Nc1ccc(F)c(Cl)c1. The van der Waals surface area contributed by atoms with Crippen LogP contribution in [0.2, 0.25) is 5.02 Å². The number of halogens is 2. The lowest BCUT2D eigenvalue weighted by Gasteiger charge is -2.26. The Kier molecular flexibility index (Phi) is 5.36. The zero-order chi connectivity index (χ0) is 17.8. The summed E-state index contributed by atoms with van der Waals surface area (Å²) >= 11 is 5.71. The number of nitrogens with zero attached hydrogens (tertiary/aromatic N) is 1. The fraction of sp³-hybridized carbons (Fsp3) is 0.211. The van der Waals surface area contributed by atoms with Gasteiger partial charge in [-0.3, -0.25) is 9.69 Å².